The molecule has 1 saturated heterocycles. The molecule has 1 heterocycles. The Balaban J connectivity index is 1.70. The van der Waals surface area contributed by atoms with E-state index in [2.05, 4.69) is 48.3 Å². The van der Waals surface area contributed by atoms with Gasteiger partial charge in [0, 0.05) is 30.9 Å². The van der Waals surface area contributed by atoms with Crippen molar-refractivity contribution in [3.05, 3.63) is 29.8 Å². The maximum atomic E-state index is 9.78. The molecule has 1 aliphatic heterocycles. The molecule has 3 nitrogen and oxygen atoms in total. The van der Waals surface area contributed by atoms with Crippen molar-refractivity contribution >= 4 is 5.69 Å². The zero-order valence-corrected chi connectivity index (χ0v) is 15.3. The minimum atomic E-state index is -0.529. The summed E-state index contributed by atoms with van der Waals surface area (Å²) in [7, 11) is 0. The minimum absolute atomic E-state index is 0.529. The van der Waals surface area contributed by atoms with Crippen LogP contribution in [0, 0.1) is 6.92 Å². The Kier molecular flexibility index (Phi) is 6.49. The Labute approximate surface area is 142 Å². The molecule has 23 heavy (non-hydrogen) atoms. The first-order valence-electron chi connectivity index (χ1n) is 9.13. The lowest BCUT2D eigenvalue weighted by Crippen LogP contribution is -2.45. The van der Waals surface area contributed by atoms with E-state index < -0.39 is 5.60 Å². The van der Waals surface area contributed by atoms with Gasteiger partial charge in [-0.25, -0.2) is 0 Å². The molecule has 130 valence electrons. The zero-order valence-electron chi connectivity index (χ0n) is 15.3. The maximum Gasteiger partial charge on any atom is 0.0591 e. The highest BCUT2D eigenvalue weighted by molar-refractivity contribution is 5.48. The van der Waals surface area contributed by atoms with Crippen molar-refractivity contribution in [3.8, 4) is 0 Å². The molecule has 0 aliphatic carbocycles. The predicted octanol–water partition coefficient (Wildman–Crippen LogP) is 3.88. The van der Waals surface area contributed by atoms with Crippen LogP contribution in [-0.4, -0.2) is 35.9 Å². The van der Waals surface area contributed by atoms with E-state index in [1.54, 1.807) is 0 Å². The third-order valence-electron chi connectivity index (χ3n) is 4.81. The molecule has 1 fully saturated rings. The maximum absolute atomic E-state index is 9.78. The van der Waals surface area contributed by atoms with E-state index in [0.717, 1.165) is 32.4 Å². The molecule has 0 aromatic heterocycles. The summed E-state index contributed by atoms with van der Waals surface area (Å²) in [5.74, 6) is 0. The van der Waals surface area contributed by atoms with Gasteiger partial charge in [-0.05, 0) is 77.5 Å². The second-order valence-electron chi connectivity index (χ2n) is 7.87. The number of nitrogens with zero attached hydrogens (tertiary/aromatic N) is 1. The predicted molar refractivity (Wildman–Crippen MR) is 99.2 cm³/mol. The van der Waals surface area contributed by atoms with Gasteiger partial charge in [0.25, 0.3) is 0 Å². The standard InChI is InChI=1S/C20H34N2O/c1-16-7-5-9-19(15-16)22-13-10-18(11-14-22)21-17(2)8-6-12-20(3,4)23/h5,7,9,15,17-18,21,23H,6,8,10-14H2,1-4H3/t17-/m0/s1. The molecule has 1 aliphatic rings. The van der Waals surface area contributed by atoms with Gasteiger partial charge in [-0.2, -0.15) is 0 Å². The number of piperidine rings is 1. The Morgan fingerprint density at radius 2 is 2.00 bits per heavy atom. The number of rotatable bonds is 7. The second-order valence-corrected chi connectivity index (χ2v) is 7.87. The number of benzene rings is 1. The van der Waals surface area contributed by atoms with Crippen LogP contribution in [-0.2, 0) is 0 Å². The lowest BCUT2D eigenvalue weighted by atomic mass is 9.98. The summed E-state index contributed by atoms with van der Waals surface area (Å²) >= 11 is 0. The van der Waals surface area contributed by atoms with Crippen molar-refractivity contribution in [2.75, 3.05) is 18.0 Å². The van der Waals surface area contributed by atoms with Crippen molar-refractivity contribution < 1.29 is 5.11 Å². The highest BCUT2D eigenvalue weighted by Crippen LogP contribution is 2.21. The average Bonchev–Trinajstić information content (AvgIpc) is 2.46. The molecular formula is C20H34N2O. The molecule has 0 spiro atoms. The number of anilines is 1. The topological polar surface area (TPSA) is 35.5 Å². The first kappa shape index (κ1) is 18.3. The fourth-order valence-electron chi connectivity index (χ4n) is 3.46. The summed E-state index contributed by atoms with van der Waals surface area (Å²) in [5, 5.41) is 13.6. The van der Waals surface area contributed by atoms with Crippen molar-refractivity contribution in [3.63, 3.8) is 0 Å². The summed E-state index contributed by atoms with van der Waals surface area (Å²) in [4.78, 5) is 2.50. The quantitative estimate of drug-likeness (QED) is 0.801. The smallest absolute Gasteiger partial charge is 0.0591 e. The number of aryl methyl sites for hydroxylation is 1. The number of nitrogens with one attached hydrogen (secondary N) is 1. The molecule has 2 rings (SSSR count). The van der Waals surface area contributed by atoms with Gasteiger partial charge in [-0.1, -0.05) is 12.1 Å². The van der Waals surface area contributed by atoms with Crippen LogP contribution in [0.2, 0.25) is 0 Å². The van der Waals surface area contributed by atoms with Crippen molar-refractivity contribution in [2.45, 2.75) is 77.5 Å². The van der Waals surface area contributed by atoms with Crippen molar-refractivity contribution in [1.29, 1.82) is 0 Å². The van der Waals surface area contributed by atoms with E-state index in [1.807, 2.05) is 13.8 Å². The van der Waals surface area contributed by atoms with E-state index in [1.165, 1.54) is 24.1 Å². The Morgan fingerprint density at radius 1 is 1.30 bits per heavy atom. The van der Waals surface area contributed by atoms with Crippen LogP contribution in [0.15, 0.2) is 24.3 Å². The van der Waals surface area contributed by atoms with Gasteiger partial charge < -0.3 is 15.3 Å². The molecule has 0 bridgehead atoms. The number of hydrogen-bond donors (Lipinski definition) is 2. The number of hydrogen-bond acceptors (Lipinski definition) is 3. The van der Waals surface area contributed by atoms with Gasteiger partial charge in [0.05, 0.1) is 5.60 Å². The van der Waals surface area contributed by atoms with Crippen LogP contribution in [0.4, 0.5) is 5.69 Å². The monoisotopic (exact) mass is 318 g/mol. The SMILES string of the molecule is Cc1cccc(N2CCC(N[C@@H](C)CCCC(C)(C)O)CC2)c1. The third-order valence-corrected chi connectivity index (χ3v) is 4.81. The summed E-state index contributed by atoms with van der Waals surface area (Å²) in [6, 6.07) is 9.99. The zero-order chi connectivity index (χ0) is 16.9. The summed E-state index contributed by atoms with van der Waals surface area (Å²) in [6.45, 7) is 10.5. The van der Waals surface area contributed by atoms with Crippen molar-refractivity contribution in [2.24, 2.45) is 0 Å². The normalized spacial score (nSPS) is 18.2. The van der Waals surface area contributed by atoms with Crippen molar-refractivity contribution in [1.82, 2.24) is 5.32 Å². The van der Waals surface area contributed by atoms with Crippen LogP contribution >= 0.6 is 0 Å². The van der Waals surface area contributed by atoms with Gasteiger partial charge in [-0.15, -0.1) is 0 Å². The molecular weight excluding hydrogens is 284 g/mol. The van der Waals surface area contributed by atoms with Gasteiger partial charge in [0.1, 0.15) is 0 Å². The Morgan fingerprint density at radius 3 is 2.61 bits per heavy atom. The fraction of sp³-hybridized carbons (Fsp3) is 0.700. The van der Waals surface area contributed by atoms with E-state index in [-0.39, 0.29) is 0 Å². The molecule has 1 aromatic carbocycles. The fourth-order valence-corrected chi connectivity index (χ4v) is 3.46. The lowest BCUT2D eigenvalue weighted by Gasteiger charge is -2.35. The molecule has 1 atom stereocenters. The number of aliphatic hydroxyl groups is 1. The molecule has 0 amide bonds. The Hall–Kier alpha value is -1.06. The molecule has 2 N–H and O–H groups in total. The van der Waals surface area contributed by atoms with E-state index in [0.29, 0.717) is 12.1 Å². The third kappa shape index (κ3) is 6.52. The summed E-state index contributed by atoms with van der Waals surface area (Å²) in [6.07, 6.45) is 5.53. The van der Waals surface area contributed by atoms with Gasteiger partial charge in [0.15, 0.2) is 0 Å². The van der Waals surface area contributed by atoms with E-state index >= 15 is 0 Å². The largest absolute Gasteiger partial charge is 0.390 e. The van der Waals surface area contributed by atoms with E-state index in [9.17, 15) is 5.11 Å². The highest BCUT2D eigenvalue weighted by atomic mass is 16.3. The van der Waals surface area contributed by atoms with Gasteiger partial charge >= 0.3 is 0 Å². The molecule has 3 heteroatoms. The summed E-state index contributed by atoms with van der Waals surface area (Å²) in [5.41, 5.74) is 2.17. The Bertz CT molecular complexity index is 473. The molecule has 0 unspecified atom stereocenters. The van der Waals surface area contributed by atoms with Crippen LogP contribution in [0.1, 0.15) is 58.4 Å². The summed E-state index contributed by atoms with van der Waals surface area (Å²) < 4.78 is 0. The first-order chi connectivity index (χ1) is 10.8. The van der Waals surface area contributed by atoms with Crippen LogP contribution in [0.5, 0.6) is 0 Å². The van der Waals surface area contributed by atoms with Crippen LogP contribution < -0.4 is 10.2 Å². The first-order valence-corrected chi connectivity index (χ1v) is 9.13. The van der Waals surface area contributed by atoms with Gasteiger partial charge in [0.2, 0.25) is 0 Å². The molecule has 0 radical (unpaired) electrons. The van der Waals surface area contributed by atoms with Crippen LogP contribution in [0.3, 0.4) is 0 Å². The second kappa shape index (κ2) is 8.16. The highest BCUT2D eigenvalue weighted by Gasteiger charge is 2.21. The van der Waals surface area contributed by atoms with Gasteiger partial charge in [-0.3, -0.25) is 0 Å². The van der Waals surface area contributed by atoms with E-state index in [4.69, 9.17) is 0 Å². The van der Waals surface area contributed by atoms with Crippen LogP contribution in [0.25, 0.3) is 0 Å². The molecule has 1 aromatic rings. The average molecular weight is 319 g/mol. The minimum Gasteiger partial charge on any atom is -0.390 e. The lowest BCUT2D eigenvalue weighted by molar-refractivity contribution is 0.0673. The molecule has 0 saturated carbocycles.